The van der Waals surface area contributed by atoms with Crippen LogP contribution in [-0.4, -0.2) is 0 Å². The Morgan fingerprint density at radius 3 is 2.43 bits per heavy atom. The molecule has 14 heavy (non-hydrogen) atoms. The Balaban J connectivity index is 2.26. The van der Waals surface area contributed by atoms with E-state index in [-0.39, 0.29) is 6.10 Å². The molecule has 1 aliphatic heterocycles. The molecule has 1 heteroatoms. The van der Waals surface area contributed by atoms with Gasteiger partial charge in [0.15, 0.2) is 0 Å². The Morgan fingerprint density at radius 2 is 1.86 bits per heavy atom. The molecule has 1 unspecified atom stereocenters. The molecule has 1 aliphatic rings. The minimum Gasteiger partial charge on any atom is -0.494 e. The van der Waals surface area contributed by atoms with Crippen LogP contribution in [0.1, 0.15) is 35.6 Å². The van der Waals surface area contributed by atoms with Gasteiger partial charge in [-0.25, -0.2) is 0 Å². The van der Waals surface area contributed by atoms with Gasteiger partial charge in [0, 0.05) is 0 Å². The van der Waals surface area contributed by atoms with Crippen LogP contribution in [0, 0.1) is 13.8 Å². The highest BCUT2D eigenvalue weighted by atomic mass is 16.5. The number of benzene rings is 1. The fourth-order valence-corrected chi connectivity index (χ4v) is 1.98. The summed E-state index contributed by atoms with van der Waals surface area (Å²) < 4.78 is 5.59. The van der Waals surface area contributed by atoms with E-state index in [1.165, 1.54) is 16.7 Å². The van der Waals surface area contributed by atoms with Crippen molar-refractivity contribution in [3.63, 3.8) is 0 Å². The fraction of sp³-hybridized carbons (Fsp3) is 0.385. The van der Waals surface area contributed by atoms with Gasteiger partial charge in [0.25, 0.3) is 0 Å². The van der Waals surface area contributed by atoms with Crippen molar-refractivity contribution in [1.82, 2.24) is 0 Å². The lowest BCUT2D eigenvalue weighted by molar-refractivity contribution is 0.125. The number of hydrogen-bond donors (Lipinski definition) is 0. The zero-order chi connectivity index (χ0) is 9.97. The highest BCUT2D eigenvalue weighted by molar-refractivity contribution is 5.30. The van der Waals surface area contributed by atoms with Gasteiger partial charge in [-0.05, 0) is 38.3 Å². The average molecular weight is 188 g/mol. The Hall–Kier alpha value is -1.24. The van der Waals surface area contributed by atoms with Crippen molar-refractivity contribution < 1.29 is 4.74 Å². The molecule has 0 saturated heterocycles. The standard InChI is InChI=1S/C13H16O/c1-10-7-11(2)9-12(8-10)13-5-3-4-6-14-13/h4,6-9,13H,3,5H2,1-2H3. The lowest BCUT2D eigenvalue weighted by atomic mass is 9.99. The molecule has 0 fully saturated rings. The number of ether oxygens (including phenoxy) is 1. The summed E-state index contributed by atoms with van der Waals surface area (Å²) in [6, 6.07) is 6.63. The molecule has 0 N–H and O–H groups in total. The third-order valence-electron chi connectivity index (χ3n) is 2.55. The van der Waals surface area contributed by atoms with Gasteiger partial charge in [-0.15, -0.1) is 0 Å². The van der Waals surface area contributed by atoms with E-state index in [2.05, 4.69) is 38.1 Å². The van der Waals surface area contributed by atoms with Gasteiger partial charge in [-0.3, -0.25) is 0 Å². The predicted octanol–water partition coefficient (Wildman–Crippen LogP) is 3.67. The summed E-state index contributed by atoms with van der Waals surface area (Å²) in [6.45, 7) is 4.27. The number of allylic oxidation sites excluding steroid dienone is 1. The second-order valence-electron chi connectivity index (χ2n) is 3.99. The van der Waals surface area contributed by atoms with E-state index in [1.807, 2.05) is 6.26 Å². The molecule has 1 aromatic carbocycles. The molecule has 1 heterocycles. The second kappa shape index (κ2) is 3.87. The third-order valence-corrected chi connectivity index (χ3v) is 2.55. The van der Waals surface area contributed by atoms with Crippen molar-refractivity contribution in [2.45, 2.75) is 32.8 Å². The van der Waals surface area contributed by atoms with Crippen LogP contribution < -0.4 is 0 Å². The van der Waals surface area contributed by atoms with E-state index in [0.717, 1.165) is 12.8 Å². The second-order valence-corrected chi connectivity index (χ2v) is 3.99. The Bertz CT molecular complexity index is 332. The van der Waals surface area contributed by atoms with Crippen LogP contribution in [0.4, 0.5) is 0 Å². The smallest absolute Gasteiger partial charge is 0.123 e. The van der Waals surface area contributed by atoms with Crippen LogP contribution in [0.2, 0.25) is 0 Å². The minimum atomic E-state index is 0.263. The van der Waals surface area contributed by atoms with E-state index >= 15 is 0 Å². The molecule has 0 amide bonds. The zero-order valence-electron chi connectivity index (χ0n) is 8.79. The summed E-state index contributed by atoms with van der Waals surface area (Å²) in [4.78, 5) is 0. The molecule has 1 nitrogen and oxygen atoms in total. The van der Waals surface area contributed by atoms with Crippen molar-refractivity contribution in [1.29, 1.82) is 0 Å². The van der Waals surface area contributed by atoms with Crippen LogP contribution >= 0.6 is 0 Å². The first kappa shape index (κ1) is 9.32. The maximum Gasteiger partial charge on any atom is 0.123 e. The quantitative estimate of drug-likeness (QED) is 0.653. The summed E-state index contributed by atoms with van der Waals surface area (Å²) in [6.07, 6.45) is 6.39. The lowest BCUT2D eigenvalue weighted by Crippen LogP contribution is -2.04. The maximum absolute atomic E-state index is 5.59. The van der Waals surface area contributed by atoms with Crippen molar-refractivity contribution in [2.75, 3.05) is 0 Å². The summed E-state index contributed by atoms with van der Waals surface area (Å²) >= 11 is 0. The minimum absolute atomic E-state index is 0.263. The first-order valence-electron chi connectivity index (χ1n) is 5.14. The molecule has 2 rings (SSSR count). The molecule has 0 bridgehead atoms. The molecule has 1 aromatic rings. The van der Waals surface area contributed by atoms with E-state index in [0.29, 0.717) is 0 Å². The topological polar surface area (TPSA) is 9.23 Å². The van der Waals surface area contributed by atoms with Crippen LogP contribution in [0.5, 0.6) is 0 Å². The predicted molar refractivity (Wildman–Crippen MR) is 58.1 cm³/mol. The first-order valence-corrected chi connectivity index (χ1v) is 5.14. The monoisotopic (exact) mass is 188 g/mol. The summed E-state index contributed by atoms with van der Waals surface area (Å²) in [7, 11) is 0. The SMILES string of the molecule is Cc1cc(C)cc(C2CCC=CO2)c1. The summed E-state index contributed by atoms with van der Waals surface area (Å²) in [5.41, 5.74) is 3.95. The molecule has 0 radical (unpaired) electrons. The first-order chi connectivity index (χ1) is 6.75. The number of hydrogen-bond acceptors (Lipinski definition) is 1. The van der Waals surface area contributed by atoms with E-state index < -0.39 is 0 Å². The number of rotatable bonds is 1. The maximum atomic E-state index is 5.59. The van der Waals surface area contributed by atoms with Gasteiger partial charge < -0.3 is 4.74 Å². The van der Waals surface area contributed by atoms with Gasteiger partial charge in [0.05, 0.1) is 6.26 Å². The van der Waals surface area contributed by atoms with Gasteiger partial charge in [-0.1, -0.05) is 29.3 Å². The van der Waals surface area contributed by atoms with Crippen molar-refractivity contribution in [2.24, 2.45) is 0 Å². The van der Waals surface area contributed by atoms with E-state index in [1.54, 1.807) is 0 Å². The van der Waals surface area contributed by atoms with Crippen molar-refractivity contribution in [3.8, 4) is 0 Å². The highest BCUT2D eigenvalue weighted by Crippen LogP contribution is 2.27. The van der Waals surface area contributed by atoms with Crippen LogP contribution in [0.15, 0.2) is 30.5 Å². The fourth-order valence-electron chi connectivity index (χ4n) is 1.98. The molecule has 74 valence electrons. The average Bonchev–Trinajstić information content (AvgIpc) is 2.18. The molecule has 0 aliphatic carbocycles. The van der Waals surface area contributed by atoms with Gasteiger partial charge in [-0.2, -0.15) is 0 Å². The van der Waals surface area contributed by atoms with Crippen LogP contribution in [0.3, 0.4) is 0 Å². The third kappa shape index (κ3) is 1.98. The number of aryl methyl sites for hydroxylation is 2. The Kier molecular flexibility index (Phi) is 2.58. The Labute approximate surface area is 85.4 Å². The lowest BCUT2D eigenvalue weighted by Gasteiger charge is -2.20. The van der Waals surface area contributed by atoms with Gasteiger partial charge >= 0.3 is 0 Å². The normalized spacial score (nSPS) is 20.6. The largest absolute Gasteiger partial charge is 0.494 e. The summed E-state index contributed by atoms with van der Waals surface area (Å²) in [5.74, 6) is 0. The zero-order valence-corrected chi connectivity index (χ0v) is 8.79. The van der Waals surface area contributed by atoms with Gasteiger partial charge in [0.2, 0.25) is 0 Å². The van der Waals surface area contributed by atoms with Gasteiger partial charge in [0.1, 0.15) is 6.10 Å². The summed E-state index contributed by atoms with van der Waals surface area (Å²) in [5, 5.41) is 0. The van der Waals surface area contributed by atoms with Crippen molar-refractivity contribution >= 4 is 0 Å². The van der Waals surface area contributed by atoms with Crippen LogP contribution in [-0.2, 0) is 4.74 Å². The van der Waals surface area contributed by atoms with E-state index in [9.17, 15) is 0 Å². The molecule has 0 spiro atoms. The molecule has 0 aromatic heterocycles. The van der Waals surface area contributed by atoms with E-state index in [4.69, 9.17) is 4.74 Å². The Morgan fingerprint density at radius 1 is 1.14 bits per heavy atom. The van der Waals surface area contributed by atoms with Crippen LogP contribution in [0.25, 0.3) is 0 Å². The molecular formula is C13H16O. The highest BCUT2D eigenvalue weighted by Gasteiger charge is 2.13. The molecular weight excluding hydrogens is 172 g/mol. The van der Waals surface area contributed by atoms with Crippen molar-refractivity contribution in [3.05, 3.63) is 47.2 Å². The molecule has 0 saturated carbocycles. The molecule has 1 atom stereocenters.